The number of benzene rings is 1. The largest absolute Gasteiger partial charge is 0.416 e. The van der Waals surface area contributed by atoms with Crippen LogP contribution in [0.25, 0.3) is 0 Å². The van der Waals surface area contributed by atoms with E-state index in [0.29, 0.717) is 6.42 Å². The number of halogens is 3. The Morgan fingerprint density at radius 1 is 1.25 bits per heavy atom. The summed E-state index contributed by atoms with van der Waals surface area (Å²) in [6.45, 7) is 0.264. The molecule has 0 aromatic heterocycles. The summed E-state index contributed by atoms with van der Waals surface area (Å²) in [6, 6.07) is 3.85. The summed E-state index contributed by atoms with van der Waals surface area (Å²) in [5.74, 6) is -1.78. The number of likely N-dealkylation sites (N-methyl/N-ethyl adjacent to an activating group) is 1. The predicted octanol–water partition coefficient (Wildman–Crippen LogP) is 2.26. The van der Waals surface area contributed by atoms with Gasteiger partial charge in [-0.05, 0) is 37.1 Å². The van der Waals surface area contributed by atoms with Crippen molar-refractivity contribution < 1.29 is 27.9 Å². The van der Waals surface area contributed by atoms with Crippen molar-refractivity contribution in [3.05, 3.63) is 29.8 Å². The lowest BCUT2D eigenvalue weighted by atomic mass is 10.1. The Morgan fingerprint density at radius 2 is 1.88 bits per heavy atom. The molecule has 2 rings (SSSR count). The normalized spacial score (nSPS) is 20.7. The number of rotatable bonds is 3. The monoisotopic (exact) mass is 344 g/mol. The van der Waals surface area contributed by atoms with Crippen LogP contribution >= 0.6 is 0 Å². The standard InChI is InChI=1S/C16H19F3N2O3/c1-21(9-10-3-2-4-13(10)22)15(24)14(23)20-12-7-5-11(6-8-12)16(17,18)19/h5-8,10,13,22H,2-4,9H2,1H3,(H,20,23). The number of anilines is 1. The highest BCUT2D eigenvalue weighted by molar-refractivity contribution is 6.39. The van der Waals surface area contributed by atoms with Gasteiger partial charge < -0.3 is 15.3 Å². The van der Waals surface area contributed by atoms with Gasteiger partial charge in [0.1, 0.15) is 0 Å². The zero-order valence-corrected chi connectivity index (χ0v) is 13.1. The van der Waals surface area contributed by atoms with E-state index in [1.165, 1.54) is 11.9 Å². The molecule has 8 heteroatoms. The summed E-state index contributed by atoms with van der Waals surface area (Å²) >= 11 is 0. The first-order chi connectivity index (χ1) is 11.2. The summed E-state index contributed by atoms with van der Waals surface area (Å²) < 4.78 is 37.4. The average Bonchev–Trinajstić information content (AvgIpc) is 2.91. The van der Waals surface area contributed by atoms with Gasteiger partial charge in [0.15, 0.2) is 0 Å². The molecule has 2 amide bonds. The maximum absolute atomic E-state index is 12.5. The highest BCUT2D eigenvalue weighted by atomic mass is 19.4. The topological polar surface area (TPSA) is 69.6 Å². The van der Waals surface area contributed by atoms with E-state index in [-0.39, 0.29) is 18.2 Å². The van der Waals surface area contributed by atoms with Gasteiger partial charge in [-0.1, -0.05) is 6.42 Å². The molecule has 0 spiro atoms. The van der Waals surface area contributed by atoms with Gasteiger partial charge in [0.05, 0.1) is 11.7 Å². The molecule has 1 aliphatic rings. The molecule has 0 saturated heterocycles. The third kappa shape index (κ3) is 4.47. The number of hydrogen-bond donors (Lipinski definition) is 2. The van der Waals surface area contributed by atoms with Crippen LogP contribution in [-0.2, 0) is 15.8 Å². The molecule has 0 heterocycles. The fourth-order valence-electron chi connectivity index (χ4n) is 2.77. The van der Waals surface area contributed by atoms with Gasteiger partial charge in [-0.25, -0.2) is 0 Å². The van der Waals surface area contributed by atoms with Gasteiger partial charge in [-0.2, -0.15) is 13.2 Å². The zero-order chi connectivity index (χ0) is 17.9. The van der Waals surface area contributed by atoms with Crippen molar-refractivity contribution in [2.24, 2.45) is 5.92 Å². The minimum Gasteiger partial charge on any atom is -0.393 e. The van der Waals surface area contributed by atoms with Crippen molar-refractivity contribution in [3.8, 4) is 0 Å². The van der Waals surface area contributed by atoms with Crippen LogP contribution in [-0.4, -0.2) is 41.5 Å². The number of amides is 2. The first-order valence-corrected chi connectivity index (χ1v) is 7.60. The lowest BCUT2D eigenvalue weighted by molar-refractivity contribution is -0.142. The van der Waals surface area contributed by atoms with Crippen molar-refractivity contribution >= 4 is 17.5 Å². The molecule has 1 aliphatic carbocycles. The molecule has 24 heavy (non-hydrogen) atoms. The predicted molar refractivity (Wildman–Crippen MR) is 81.1 cm³/mol. The highest BCUT2D eigenvalue weighted by Gasteiger charge is 2.31. The third-order valence-corrected chi connectivity index (χ3v) is 4.14. The van der Waals surface area contributed by atoms with E-state index in [1.54, 1.807) is 0 Å². The van der Waals surface area contributed by atoms with Crippen LogP contribution in [0.1, 0.15) is 24.8 Å². The van der Waals surface area contributed by atoms with Gasteiger partial charge in [0, 0.05) is 25.2 Å². The number of carbonyl (C=O) groups is 2. The van der Waals surface area contributed by atoms with E-state index in [2.05, 4.69) is 5.32 Å². The van der Waals surface area contributed by atoms with Crippen molar-refractivity contribution in [1.29, 1.82) is 0 Å². The van der Waals surface area contributed by atoms with Gasteiger partial charge in [0.2, 0.25) is 0 Å². The van der Waals surface area contributed by atoms with E-state index in [4.69, 9.17) is 0 Å². The van der Waals surface area contributed by atoms with E-state index < -0.39 is 29.7 Å². The fraction of sp³-hybridized carbons (Fsp3) is 0.500. The molecular formula is C16H19F3N2O3. The number of aliphatic hydroxyl groups is 1. The summed E-state index contributed by atoms with van der Waals surface area (Å²) in [7, 11) is 1.46. The number of hydrogen-bond acceptors (Lipinski definition) is 3. The minimum absolute atomic E-state index is 0.0576. The smallest absolute Gasteiger partial charge is 0.393 e. The maximum atomic E-state index is 12.5. The molecular weight excluding hydrogens is 325 g/mol. The Labute approximate surface area is 137 Å². The summed E-state index contributed by atoms with van der Waals surface area (Å²) in [4.78, 5) is 25.1. The van der Waals surface area contributed by atoms with E-state index in [9.17, 15) is 27.9 Å². The minimum atomic E-state index is -4.46. The number of nitrogens with zero attached hydrogens (tertiary/aromatic N) is 1. The molecule has 2 atom stereocenters. The van der Waals surface area contributed by atoms with E-state index in [0.717, 1.165) is 37.1 Å². The van der Waals surface area contributed by atoms with Crippen LogP contribution in [0.15, 0.2) is 24.3 Å². The van der Waals surface area contributed by atoms with Crippen LogP contribution in [0.5, 0.6) is 0 Å². The van der Waals surface area contributed by atoms with Gasteiger partial charge in [0.25, 0.3) is 0 Å². The molecule has 0 radical (unpaired) electrons. The molecule has 0 bridgehead atoms. The van der Waals surface area contributed by atoms with Crippen molar-refractivity contribution in [2.45, 2.75) is 31.5 Å². The molecule has 5 nitrogen and oxygen atoms in total. The Balaban J connectivity index is 1.92. The van der Waals surface area contributed by atoms with Crippen molar-refractivity contribution in [2.75, 3.05) is 18.9 Å². The maximum Gasteiger partial charge on any atom is 0.416 e. The van der Waals surface area contributed by atoms with Gasteiger partial charge in [-0.3, -0.25) is 9.59 Å². The zero-order valence-electron chi connectivity index (χ0n) is 13.1. The summed E-state index contributed by atoms with van der Waals surface area (Å²) in [5.41, 5.74) is -0.727. The molecule has 1 aromatic carbocycles. The van der Waals surface area contributed by atoms with Crippen LogP contribution < -0.4 is 5.32 Å². The molecule has 1 saturated carbocycles. The Morgan fingerprint density at radius 3 is 2.38 bits per heavy atom. The first kappa shape index (κ1) is 18.3. The Bertz CT molecular complexity index is 602. The Hall–Kier alpha value is -2.09. The second kappa shape index (κ2) is 7.21. The van der Waals surface area contributed by atoms with E-state index in [1.807, 2.05) is 0 Å². The van der Waals surface area contributed by atoms with Crippen molar-refractivity contribution in [1.82, 2.24) is 4.90 Å². The summed E-state index contributed by atoms with van der Waals surface area (Å²) in [5, 5.41) is 12.0. The number of nitrogens with one attached hydrogen (secondary N) is 1. The van der Waals surface area contributed by atoms with Crippen molar-refractivity contribution in [3.63, 3.8) is 0 Å². The van der Waals surface area contributed by atoms with E-state index >= 15 is 0 Å². The summed E-state index contributed by atoms with van der Waals surface area (Å²) in [6.07, 6.45) is -2.57. The average molecular weight is 344 g/mol. The molecule has 2 unspecified atom stereocenters. The lowest BCUT2D eigenvalue weighted by Gasteiger charge is -2.22. The second-order valence-electron chi connectivity index (χ2n) is 5.97. The SMILES string of the molecule is CN(CC1CCCC1O)C(=O)C(=O)Nc1ccc(C(F)(F)F)cc1. The van der Waals surface area contributed by atoms with Gasteiger partial charge >= 0.3 is 18.0 Å². The molecule has 1 fully saturated rings. The first-order valence-electron chi connectivity index (χ1n) is 7.60. The second-order valence-corrected chi connectivity index (χ2v) is 5.97. The highest BCUT2D eigenvalue weighted by Crippen LogP contribution is 2.30. The number of alkyl halides is 3. The van der Waals surface area contributed by atoms with Crippen LogP contribution in [0.4, 0.5) is 18.9 Å². The Kier molecular flexibility index (Phi) is 5.48. The van der Waals surface area contributed by atoms with Crippen LogP contribution in [0.2, 0.25) is 0 Å². The number of aliphatic hydroxyl groups excluding tert-OH is 1. The third-order valence-electron chi connectivity index (χ3n) is 4.14. The van der Waals surface area contributed by atoms with Crippen LogP contribution in [0.3, 0.4) is 0 Å². The molecule has 132 valence electrons. The lowest BCUT2D eigenvalue weighted by Crippen LogP contribution is -2.40. The van der Waals surface area contributed by atoms with Crippen LogP contribution in [0, 0.1) is 5.92 Å². The molecule has 1 aromatic rings. The van der Waals surface area contributed by atoms with Gasteiger partial charge in [-0.15, -0.1) is 0 Å². The fourth-order valence-corrected chi connectivity index (χ4v) is 2.77. The molecule has 0 aliphatic heterocycles. The number of carbonyl (C=O) groups excluding carboxylic acids is 2. The quantitative estimate of drug-likeness (QED) is 0.827. The molecule has 2 N–H and O–H groups in total.